The molecular weight excluding hydrogens is 318 g/mol. The van der Waals surface area contributed by atoms with Crippen molar-refractivity contribution < 1.29 is 14.3 Å². The molecule has 1 heterocycles. The largest absolute Gasteiger partial charge is 0.465 e. The molecule has 128 valence electrons. The Balaban J connectivity index is 2.02. The molecule has 2 aromatic carbocycles. The molecule has 0 atom stereocenters. The molecule has 3 rings (SSSR count). The summed E-state index contributed by atoms with van der Waals surface area (Å²) in [5.74, 6) is -0.156. The van der Waals surface area contributed by atoms with Gasteiger partial charge in [0.1, 0.15) is 6.54 Å². The Morgan fingerprint density at radius 3 is 2.48 bits per heavy atom. The second-order valence-corrected chi connectivity index (χ2v) is 5.52. The summed E-state index contributed by atoms with van der Waals surface area (Å²) >= 11 is 0. The Morgan fingerprint density at radius 1 is 1.08 bits per heavy atom. The second-order valence-electron chi connectivity index (χ2n) is 5.52. The molecule has 0 fully saturated rings. The maximum atomic E-state index is 12.7. The minimum absolute atomic E-state index is 0.00387. The number of ether oxygens (including phenoxy) is 1. The van der Waals surface area contributed by atoms with Gasteiger partial charge >= 0.3 is 5.97 Å². The standard InChI is InChI=1S/C19H19N3O3/c1-3-25-17(23)13-22-16-12-8-7-11-15(16)20-19(22)21(2)18(24)14-9-5-4-6-10-14/h4-12H,3,13H2,1-2H3. The summed E-state index contributed by atoms with van der Waals surface area (Å²) in [6.07, 6.45) is 0. The number of amides is 1. The molecule has 6 nitrogen and oxygen atoms in total. The van der Waals surface area contributed by atoms with Crippen LogP contribution in [0.25, 0.3) is 11.0 Å². The van der Waals surface area contributed by atoms with Gasteiger partial charge in [-0.1, -0.05) is 30.3 Å². The highest BCUT2D eigenvalue weighted by molar-refractivity contribution is 6.05. The molecule has 0 radical (unpaired) electrons. The number of imidazole rings is 1. The zero-order chi connectivity index (χ0) is 17.8. The van der Waals surface area contributed by atoms with E-state index in [2.05, 4.69) is 4.98 Å². The zero-order valence-corrected chi connectivity index (χ0v) is 14.2. The van der Waals surface area contributed by atoms with E-state index in [0.717, 1.165) is 11.0 Å². The number of carbonyl (C=O) groups excluding carboxylic acids is 2. The maximum absolute atomic E-state index is 12.7. The first-order valence-corrected chi connectivity index (χ1v) is 8.05. The van der Waals surface area contributed by atoms with Crippen LogP contribution in [-0.2, 0) is 16.1 Å². The van der Waals surface area contributed by atoms with Crippen LogP contribution in [0.4, 0.5) is 5.95 Å². The second kappa shape index (κ2) is 7.17. The van der Waals surface area contributed by atoms with Gasteiger partial charge in [-0.3, -0.25) is 19.1 Å². The van der Waals surface area contributed by atoms with Gasteiger partial charge in [0.15, 0.2) is 0 Å². The van der Waals surface area contributed by atoms with E-state index in [9.17, 15) is 9.59 Å². The quantitative estimate of drug-likeness (QED) is 0.672. The van der Waals surface area contributed by atoms with Crippen molar-refractivity contribution in [1.29, 1.82) is 0 Å². The Labute approximate surface area is 145 Å². The number of esters is 1. The highest BCUT2D eigenvalue weighted by Crippen LogP contribution is 2.23. The summed E-state index contributed by atoms with van der Waals surface area (Å²) in [6, 6.07) is 16.4. The third-order valence-electron chi connectivity index (χ3n) is 3.85. The van der Waals surface area contributed by atoms with E-state index in [-0.39, 0.29) is 18.4 Å². The molecule has 1 amide bonds. The average molecular weight is 337 g/mol. The van der Waals surface area contributed by atoms with Crippen LogP contribution >= 0.6 is 0 Å². The van der Waals surface area contributed by atoms with Gasteiger partial charge in [-0.2, -0.15) is 0 Å². The van der Waals surface area contributed by atoms with E-state index in [1.807, 2.05) is 42.5 Å². The SMILES string of the molecule is CCOC(=O)Cn1c(N(C)C(=O)c2ccccc2)nc2ccccc21. The van der Waals surface area contributed by atoms with Gasteiger partial charge < -0.3 is 4.74 Å². The fraction of sp³-hybridized carbons (Fsp3) is 0.211. The zero-order valence-electron chi connectivity index (χ0n) is 14.2. The van der Waals surface area contributed by atoms with Gasteiger partial charge in [-0.15, -0.1) is 0 Å². The predicted octanol–water partition coefficient (Wildman–Crippen LogP) is 2.88. The lowest BCUT2D eigenvalue weighted by Gasteiger charge is -2.18. The number of nitrogens with zero attached hydrogens (tertiary/aromatic N) is 3. The van der Waals surface area contributed by atoms with Crippen molar-refractivity contribution >= 4 is 28.9 Å². The van der Waals surface area contributed by atoms with Gasteiger partial charge in [0, 0.05) is 12.6 Å². The summed E-state index contributed by atoms with van der Waals surface area (Å²) in [5, 5.41) is 0. The van der Waals surface area contributed by atoms with Crippen LogP contribution in [0.2, 0.25) is 0 Å². The Morgan fingerprint density at radius 2 is 1.76 bits per heavy atom. The molecular formula is C19H19N3O3. The molecule has 0 unspecified atom stereocenters. The minimum Gasteiger partial charge on any atom is -0.465 e. The van der Waals surface area contributed by atoms with E-state index in [1.165, 1.54) is 4.90 Å². The summed E-state index contributed by atoms with van der Waals surface area (Å²) in [4.78, 5) is 30.7. The molecule has 0 saturated carbocycles. The molecule has 0 aliphatic carbocycles. The molecule has 0 bridgehead atoms. The van der Waals surface area contributed by atoms with Crippen LogP contribution in [0.15, 0.2) is 54.6 Å². The van der Waals surface area contributed by atoms with Gasteiger partial charge in [-0.25, -0.2) is 4.98 Å². The first-order valence-electron chi connectivity index (χ1n) is 8.05. The topological polar surface area (TPSA) is 64.4 Å². The van der Waals surface area contributed by atoms with Crippen LogP contribution in [0.1, 0.15) is 17.3 Å². The summed E-state index contributed by atoms with van der Waals surface area (Å²) in [6.45, 7) is 2.06. The maximum Gasteiger partial charge on any atom is 0.326 e. The summed E-state index contributed by atoms with van der Waals surface area (Å²) < 4.78 is 6.76. The van der Waals surface area contributed by atoms with Crippen LogP contribution in [0, 0.1) is 0 Å². The predicted molar refractivity (Wildman–Crippen MR) is 95.5 cm³/mol. The number of rotatable bonds is 5. The van der Waals surface area contributed by atoms with Crippen molar-refractivity contribution in [1.82, 2.24) is 9.55 Å². The van der Waals surface area contributed by atoms with Crippen molar-refractivity contribution in [3.8, 4) is 0 Å². The highest BCUT2D eigenvalue weighted by Gasteiger charge is 2.22. The van der Waals surface area contributed by atoms with E-state index < -0.39 is 0 Å². The fourth-order valence-electron chi connectivity index (χ4n) is 2.68. The number of aromatic nitrogens is 2. The fourth-order valence-corrected chi connectivity index (χ4v) is 2.68. The van der Waals surface area contributed by atoms with Crippen molar-refractivity contribution in [3.63, 3.8) is 0 Å². The average Bonchev–Trinajstić information content (AvgIpc) is 3.00. The summed E-state index contributed by atoms with van der Waals surface area (Å²) in [5.41, 5.74) is 2.05. The lowest BCUT2D eigenvalue weighted by molar-refractivity contribution is -0.143. The van der Waals surface area contributed by atoms with E-state index in [1.54, 1.807) is 30.7 Å². The van der Waals surface area contributed by atoms with Gasteiger partial charge in [-0.05, 0) is 31.2 Å². The van der Waals surface area contributed by atoms with Gasteiger partial charge in [0.25, 0.3) is 5.91 Å². The number of para-hydroxylation sites is 2. The Bertz CT molecular complexity index is 903. The smallest absolute Gasteiger partial charge is 0.326 e. The number of benzene rings is 2. The monoisotopic (exact) mass is 337 g/mol. The van der Waals surface area contributed by atoms with E-state index >= 15 is 0 Å². The summed E-state index contributed by atoms with van der Waals surface area (Å²) in [7, 11) is 1.65. The molecule has 1 aromatic heterocycles. The number of hydrogen-bond donors (Lipinski definition) is 0. The molecule has 6 heteroatoms. The van der Waals surface area contributed by atoms with Crippen molar-refractivity contribution in [3.05, 3.63) is 60.2 Å². The number of hydrogen-bond acceptors (Lipinski definition) is 4. The van der Waals surface area contributed by atoms with Crippen LogP contribution in [0.5, 0.6) is 0 Å². The Kier molecular flexibility index (Phi) is 4.79. The molecule has 0 aliphatic heterocycles. The third kappa shape index (κ3) is 3.38. The lowest BCUT2D eigenvalue weighted by atomic mass is 10.2. The van der Waals surface area contributed by atoms with Crippen molar-refractivity contribution in [2.45, 2.75) is 13.5 Å². The van der Waals surface area contributed by atoms with Gasteiger partial charge in [0.05, 0.1) is 17.6 Å². The van der Waals surface area contributed by atoms with Crippen molar-refractivity contribution in [2.24, 2.45) is 0 Å². The molecule has 25 heavy (non-hydrogen) atoms. The van der Waals surface area contributed by atoms with Crippen molar-refractivity contribution in [2.75, 3.05) is 18.6 Å². The Hall–Kier alpha value is -3.15. The molecule has 0 saturated heterocycles. The number of anilines is 1. The van der Waals surface area contributed by atoms with E-state index in [0.29, 0.717) is 18.1 Å². The van der Waals surface area contributed by atoms with Crippen LogP contribution in [-0.4, -0.2) is 35.1 Å². The third-order valence-corrected chi connectivity index (χ3v) is 3.85. The molecule has 0 aliphatic rings. The van der Waals surface area contributed by atoms with E-state index in [4.69, 9.17) is 4.74 Å². The number of carbonyl (C=O) groups is 2. The van der Waals surface area contributed by atoms with Gasteiger partial charge in [0.2, 0.25) is 5.95 Å². The normalized spacial score (nSPS) is 10.6. The highest BCUT2D eigenvalue weighted by atomic mass is 16.5. The van der Waals surface area contributed by atoms with Crippen LogP contribution in [0.3, 0.4) is 0 Å². The first kappa shape index (κ1) is 16.7. The van der Waals surface area contributed by atoms with Crippen LogP contribution < -0.4 is 4.90 Å². The lowest BCUT2D eigenvalue weighted by Crippen LogP contribution is -2.30. The minimum atomic E-state index is -0.368. The molecule has 3 aromatic rings. The molecule has 0 N–H and O–H groups in total. The number of fused-ring (bicyclic) bond motifs is 1. The first-order chi connectivity index (χ1) is 12.1. The molecule has 0 spiro atoms.